The van der Waals surface area contributed by atoms with E-state index in [-0.39, 0.29) is 12.0 Å². The van der Waals surface area contributed by atoms with E-state index in [1.807, 2.05) is 4.57 Å². The number of thiazole rings is 1. The molecule has 2 N–H and O–H groups in total. The first-order valence-corrected chi connectivity index (χ1v) is 11.9. The Bertz CT molecular complexity index is 1330. The van der Waals surface area contributed by atoms with Crippen LogP contribution in [0.15, 0.2) is 30.6 Å². The number of hydrogen-bond donors (Lipinski definition) is 2. The van der Waals surface area contributed by atoms with Crippen LogP contribution in [-0.2, 0) is 17.7 Å². The molecule has 0 unspecified atom stereocenters. The molecule has 0 spiro atoms. The first kappa shape index (κ1) is 21.3. The van der Waals surface area contributed by atoms with Gasteiger partial charge in [0, 0.05) is 6.54 Å². The van der Waals surface area contributed by atoms with E-state index < -0.39 is 0 Å². The minimum atomic E-state index is -0.374. The quantitative estimate of drug-likeness (QED) is 0.382. The Morgan fingerprint density at radius 2 is 2.09 bits per heavy atom. The fourth-order valence-corrected chi connectivity index (χ4v) is 5.03. The van der Waals surface area contributed by atoms with Crippen molar-refractivity contribution < 1.29 is 9.53 Å². The Kier molecular flexibility index (Phi) is 5.67. The predicted octanol–water partition coefficient (Wildman–Crippen LogP) is 4.63. The minimum absolute atomic E-state index is 0.171. The van der Waals surface area contributed by atoms with Crippen LogP contribution in [0, 0.1) is 6.92 Å². The van der Waals surface area contributed by atoms with Crippen molar-refractivity contribution in [3.05, 3.63) is 52.3 Å². The van der Waals surface area contributed by atoms with Gasteiger partial charge in [-0.1, -0.05) is 35.6 Å². The van der Waals surface area contributed by atoms with Gasteiger partial charge in [-0.2, -0.15) is 9.97 Å². The van der Waals surface area contributed by atoms with Gasteiger partial charge in [-0.15, -0.1) is 0 Å². The molecule has 4 aromatic rings. The van der Waals surface area contributed by atoms with Crippen LogP contribution < -0.4 is 10.6 Å². The van der Waals surface area contributed by atoms with Crippen LogP contribution in [0.25, 0.3) is 11.2 Å². The van der Waals surface area contributed by atoms with E-state index >= 15 is 0 Å². The molecule has 9 nitrogen and oxygen atoms in total. The van der Waals surface area contributed by atoms with Gasteiger partial charge in [-0.05, 0) is 44.7 Å². The monoisotopic (exact) mass is 463 g/mol. The molecule has 1 aliphatic carbocycles. The van der Waals surface area contributed by atoms with Gasteiger partial charge in [-0.25, -0.2) is 14.8 Å². The second-order valence-electron chi connectivity index (χ2n) is 7.81. The van der Waals surface area contributed by atoms with E-state index in [0.717, 1.165) is 30.7 Å². The number of aryl methyl sites for hydroxylation is 3. The zero-order valence-corrected chi connectivity index (χ0v) is 19.6. The highest BCUT2D eigenvalue weighted by Crippen LogP contribution is 2.35. The SMILES string of the molecule is CCOC(=O)c1sc(Nc2nc(N[C@@H]3CCc4ccccc43)c3c(ncn3CC)n2)nc1C. The number of carbonyl (C=O) groups excluding carboxylic acids is 1. The summed E-state index contributed by atoms with van der Waals surface area (Å²) in [6, 6.07) is 8.68. The molecule has 5 rings (SSSR count). The Labute approximate surface area is 195 Å². The van der Waals surface area contributed by atoms with Crippen molar-refractivity contribution in [1.29, 1.82) is 0 Å². The maximum Gasteiger partial charge on any atom is 0.350 e. The van der Waals surface area contributed by atoms with Gasteiger partial charge in [-0.3, -0.25) is 5.32 Å². The van der Waals surface area contributed by atoms with Crippen molar-refractivity contribution >= 4 is 45.4 Å². The second-order valence-corrected chi connectivity index (χ2v) is 8.81. The first-order chi connectivity index (χ1) is 16.1. The van der Waals surface area contributed by atoms with E-state index in [1.54, 1.807) is 20.2 Å². The third-order valence-corrected chi connectivity index (χ3v) is 6.79. The molecular weight excluding hydrogens is 438 g/mol. The molecule has 3 heterocycles. The molecule has 0 saturated carbocycles. The summed E-state index contributed by atoms with van der Waals surface area (Å²) in [5.74, 6) is 0.727. The van der Waals surface area contributed by atoms with Crippen LogP contribution in [0.1, 0.15) is 52.8 Å². The Hall–Kier alpha value is -3.53. The first-order valence-electron chi connectivity index (χ1n) is 11.1. The Morgan fingerprint density at radius 1 is 1.24 bits per heavy atom. The average Bonchev–Trinajstić information content (AvgIpc) is 3.51. The molecule has 10 heteroatoms. The number of ether oxygens (including phenoxy) is 1. The van der Waals surface area contributed by atoms with Crippen LogP contribution in [0.4, 0.5) is 16.9 Å². The fraction of sp³-hybridized carbons (Fsp3) is 0.348. The van der Waals surface area contributed by atoms with Crippen molar-refractivity contribution in [1.82, 2.24) is 24.5 Å². The summed E-state index contributed by atoms with van der Waals surface area (Å²) in [4.78, 5) is 31.0. The standard InChI is InChI=1S/C23H25N7O2S/c1-4-30-12-24-19-17(30)20(26-16-11-10-14-8-6-7-9-15(14)16)28-22(27-19)29-23-25-13(3)18(33-23)21(31)32-5-2/h6-9,12,16H,4-5,10-11H2,1-3H3,(H2,25,26,27,28,29)/t16-/m1/s1. The van der Waals surface area contributed by atoms with E-state index in [1.165, 1.54) is 22.5 Å². The molecule has 3 aromatic heterocycles. The number of hydrogen-bond acceptors (Lipinski definition) is 9. The van der Waals surface area contributed by atoms with Gasteiger partial charge < -0.3 is 14.6 Å². The van der Waals surface area contributed by atoms with Crippen LogP contribution >= 0.6 is 11.3 Å². The van der Waals surface area contributed by atoms with Gasteiger partial charge in [0.05, 0.1) is 24.7 Å². The lowest BCUT2D eigenvalue weighted by atomic mass is 10.1. The van der Waals surface area contributed by atoms with Gasteiger partial charge in [0.1, 0.15) is 10.4 Å². The zero-order chi connectivity index (χ0) is 22.9. The van der Waals surface area contributed by atoms with Crippen molar-refractivity contribution in [3.63, 3.8) is 0 Å². The third-order valence-electron chi connectivity index (χ3n) is 5.73. The highest BCUT2D eigenvalue weighted by molar-refractivity contribution is 7.17. The molecule has 33 heavy (non-hydrogen) atoms. The number of imidazole rings is 1. The maximum atomic E-state index is 12.2. The molecule has 170 valence electrons. The normalized spacial score (nSPS) is 14.9. The summed E-state index contributed by atoms with van der Waals surface area (Å²) in [7, 11) is 0. The molecule has 0 fully saturated rings. The summed E-state index contributed by atoms with van der Waals surface area (Å²) >= 11 is 1.22. The highest BCUT2D eigenvalue weighted by atomic mass is 32.1. The topological polar surface area (TPSA) is 107 Å². The summed E-state index contributed by atoms with van der Waals surface area (Å²) in [6.45, 7) is 6.71. The molecule has 0 saturated heterocycles. The van der Waals surface area contributed by atoms with E-state index in [9.17, 15) is 4.79 Å². The largest absolute Gasteiger partial charge is 0.462 e. The lowest BCUT2D eigenvalue weighted by Gasteiger charge is -2.17. The van der Waals surface area contributed by atoms with E-state index in [2.05, 4.69) is 56.8 Å². The van der Waals surface area contributed by atoms with Crippen LogP contribution in [0.2, 0.25) is 0 Å². The van der Waals surface area contributed by atoms with Gasteiger partial charge in [0.15, 0.2) is 16.6 Å². The van der Waals surface area contributed by atoms with Gasteiger partial charge >= 0.3 is 5.97 Å². The second kappa shape index (κ2) is 8.78. The van der Waals surface area contributed by atoms with Crippen LogP contribution in [0.5, 0.6) is 0 Å². The maximum absolute atomic E-state index is 12.2. The molecule has 1 aliphatic rings. The summed E-state index contributed by atoms with van der Waals surface area (Å²) in [6.07, 6.45) is 3.82. The van der Waals surface area contributed by atoms with Gasteiger partial charge in [0.2, 0.25) is 5.95 Å². The number of nitrogens with one attached hydrogen (secondary N) is 2. The van der Waals surface area contributed by atoms with Crippen molar-refractivity contribution in [2.24, 2.45) is 0 Å². The van der Waals surface area contributed by atoms with E-state index in [4.69, 9.17) is 9.72 Å². The van der Waals surface area contributed by atoms with Crippen molar-refractivity contribution in [2.45, 2.75) is 46.2 Å². The number of anilines is 3. The molecular formula is C23H25N7O2S. The van der Waals surface area contributed by atoms with Crippen molar-refractivity contribution in [3.8, 4) is 0 Å². The Balaban J connectivity index is 1.49. The number of esters is 1. The smallest absolute Gasteiger partial charge is 0.350 e. The van der Waals surface area contributed by atoms with E-state index in [0.29, 0.717) is 33.9 Å². The lowest BCUT2D eigenvalue weighted by molar-refractivity contribution is 0.0531. The summed E-state index contributed by atoms with van der Waals surface area (Å²) in [5.41, 5.74) is 4.75. The number of nitrogens with zero attached hydrogens (tertiary/aromatic N) is 5. The van der Waals surface area contributed by atoms with Crippen molar-refractivity contribution in [2.75, 3.05) is 17.2 Å². The lowest BCUT2D eigenvalue weighted by Crippen LogP contribution is -2.11. The average molecular weight is 464 g/mol. The number of aromatic nitrogens is 5. The van der Waals surface area contributed by atoms with Crippen LogP contribution in [0.3, 0.4) is 0 Å². The molecule has 0 amide bonds. The number of fused-ring (bicyclic) bond motifs is 2. The Morgan fingerprint density at radius 3 is 2.91 bits per heavy atom. The number of benzene rings is 1. The van der Waals surface area contributed by atoms with Crippen LogP contribution in [-0.4, -0.2) is 37.1 Å². The molecule has 0 bridgehead atoms. The number of carbonyl (C=O) groups is 1. The zero-order valence-electron chi connectivity index (χ0n) is 18.8. The fourth-order valence-electron chi connectivity index (χ4n) is 4.18. The molecule has 1 aromatic carbocycles. The minimum Gasteiger partial charge on any atom is -0.462 e. The summed E-state index contributed by atoms with van der Waals surface area (Å²) in [5, 5.41) is 7.32. The molecule has 1 atom stereocenters. The third kappa shape index (κ3) is 4.02. The predicted molar refractivity (Wildman–Crippen MR) is 128 cm³/mol. The number of rotatable bonds is 7. The molecule has 0 radical (unpaired) electrons. The highest BCUT2D eigenvalue weighted by Gasteiger charge is 2.24. The summed E-state index contributed by atoms with van der Waals surface area (Å²) < 4.78 is 7.15. The van der Waals surface area contributed by atoms with Gasteiger partial charge in [0.25, 0.3) is 0 Å². The molecule has 0 aliphatic heterocycles.